The van der Waals surface area contributed by atoms with Crippen LogP contribution < -0.4 is 11.0 Å². The molecule has 0 saturated heterocycles. The van der Waals surface area contributed by atoms with Gasteiger partial charge in [0, 0.05) is 12.6 Å². The Hall–Kier alpha value is -1.59. The third-order valence-corrected chi connectivity index (χ3v) is 3.81. The summed E-state index contributed by atoms with van der Waals surface area (Å²) in [5.41, 5.74) is 2.88. The van der Waals surface area contributed by atoms with Crippen LogP contribution in [-0.2, 0) is 19.7 Å². The van der Waals surface area contributed by atoms with Crippen molar-refractivity contribution < 1.29 is 5.11 Å². The Labute approximate surface area is 111 Å². The van der Waals surface area contributed by atoms with Crippen molar-refractivity contribution in [2.45, 2.75) is 39.1 Å². The SMILES string of the molecule is CCCN[C@@H]1Cc2cccc3c2n(c(=O)n3CO)C1. The average molecular weight is 261 g/mol. The van der Waals surface area contributed by atoms with Gasteiger partial charge in [0.25, 0.3) is 0 Å². The van der Waals surface area contributed by atoms with Gasteiger partial charge in [-0.2, -0.15) is 0 Å². The quantitative estimate of drug-likeness (QED) is 0.851. The molecule has 102 valence electrons. The summed E-state index contributed by atoms with van der Waals surface area (Å²) in [5.74, 6) is 0. The first-order valence-corrected chi connectivity index (χ1v) is 6.81. The summed E-state index contributed by atoms with van der Waals surface area (Å²) in [6, 6.07) is 6.22. The molecule has 0 unspecified atom stereocenters. The summed E-state index contributed by atoms with van der Waals surface area (Å²) in [6.45, 7) is 3.51. The van der Waals surface area contributed by atoms with E-state index in [0.29, 0.717) is 12.6 Å². The Morgan fingerprint density at radius 3 is 3.05 bits per heavy atom. The van der Waals surface area contributed by atoms with E-state index in [9.17, 15) is 9.90 Å². The first-order valence-electron chi connectivity index (χ1n) is 6.81. The summed E-state index contributed by atoms with van der Waals surface area (Å²) >= 11 is 0. The van der Waals surface area contributed by atoms with Gasteiger partial charge < -0.3 is 10.4 Å². The number of benzene rings is 1. The van der Waals surface area contributed by atoms with E-state index in [1.807, 2.05) is 12.1 Å². The van der Waals surface area contributed by atoms with Crippen molar-refractivity contribution >= 4 is 11.0 Å². The molecule has 2 aromatic rings. The van der Waals surface area contributed by atoms with E-state index in [4.69, 9.17) is 0 Å². The van der Waals surface area contributed by atoms with E-state index < -0.39 is 0 Å². The molecular formula is C14H19N3O2. The zero-order valence-electron chi connectivity index (χ0n) is 11.1. The Kier molecular flexibility index (Phi) is 3.16. The second-order valence-corrected chi connectivity index (χ2v) is 5.10. The maximum atomic E-state index is 12.3. The van der Waals surface area contributed by atoms with Crippen molar-refractivity contribution in [2.75, 3.05) is 6.54 Å². The zero-order valence-corrected chi connectivity index (χ0v) is 11.1. The normalized spacial score (nSPS) is 18.1. The lowest BCUT2D eigenvalue weighted by Crippen LogP contribution is -2.41. The van der Waals surface area contributed by atoms with E-state index in [-0.39, 0.29) is 12.4 Å². The van der Waals surface area contributed by atoms with Gasteiger partial charge in [0.1, 0.15) is 6.73 Å². The van der Waals surface area contributed by atoms with Gasteiger partial charge in [-0.25, -0.2) is 4.79 Å². The molecule has 1 aliphatic heterocycles. The van der Waals surface area contributed by atoms with Crippen LogP contribution in [0.1, 0.15) is 18.9 Å². The number of aliphatic hydroxyl groups is 1. The van der Waals surface area contributed by atoms with Crippen LogP contribution in [0.25, 0.3) is 11.0 Å². The molecule has 0 aliphatic carbocycles. The summed E-state index contributed by atoms with van der Waals surface area (Å²) < 4.78 is 3.22. The van der Waals surface area contributed by atoms with E-state index in [1.165, 1.54) is 10.1 Å². The molecule has 5 heteroatoms. The highest BCUT2D eigenvalue weighted by Gasteiger charge is 2.24. The summed E-state index contributed by atoms with van der Waals surface area (Å²) in [6.07, 6.45) is 2.02. The van der Waals surface area contributed by atoms with E-state index in [2.05, 4.69) is 18.3 Å². The van der Waals surface area contributed by atoms with Gasteiger partial charge >= 0.3 is 5.69 Å². The zero-order chi connectivity index (χ0) is 13.4. The molecule has 5 nitrogen and oxygen atoms in total. The topological polar surface area (TPSA) is 59.2 Å². The molecule has 1 atom stereocenters. The highest BCUT2D eigenvalue weighted by atomic mass is 16.3. The number of imidazole rings is 1. The Morgan fingerprint density at radius 2 is 2.32 bits per heavy atom. The van der Waals surface area contributed by atoms with Crippen molar-refractivity contribution in [3.05, 3.63) is 34.2 Å². The number of nitrogens with one attached hydrogen (secondary N) is 1. The molecule has 1 aliphatic rings. The second-order valence-electron chi connectivity index (χ2n) is 5.10. The molecule has 0 spiro atoms. The van der Waals surface area contributed by atoms with Crippen molar-refractivity contribution in [2.24, 2.45) is 0 Å². The van der Waals surface area contributed by atoms with Gasteiger partial charge in [0.2, 0.25) is 0 Å². The average Bonchev–Trinajstić information content (AvgIpc) is 2.71. The molecule has 1 aromatic heterocycles. The minimum absolute atomic E-state index is 0.118. The maximum Gasteiger partial charge on any atom is 0.331 e. The number of rotatable bonds is 4. The van der Waals surface area contributed by atoms with Gasteiger partial charge in [-0.3, -0.25) is 9.13 Å². The lowest BCUT2D eigenvalue weighted by molar-refractivity contribution is 0.209. The maximum absolute atomic E-state index is 12.3. The molecule has 1 aromatic carbocycles. The van der Waals surface area contributed by atoms with Gasteiger partial charge in [0.05, 0.1) is 11.0 Å². The van der Waals surface area contributed by atoms with Crippen LogP contribution in [0.15, 0.2) is 23.0 Å². The lowest BCUT2D eigenvalue weighted by atomic mass is 10.0. The lowest BCUT2D eigenvalue weighted by Gasteiger charge is -2.24. The van der Waals surface area contributed by atoms with E-state index in [1.54, 1.807) is 4.57 Å². The summed E-state index contributed by atoms with van der Waals surface area (Å²) in [5, 5.41) is 12.9. The molecule has 0 radical (unpaired) electrons. The van der Waals surface area contributed by atoms with Crippen LogP contribution in [0.4, 0.5) is 0 Å². The first-order chi connectivity index (χ1) is 9.26. The first kappa shape index (κ1) is 12.4. The monoisotopic (exact) mass is 261 g/mol. The number of aliphatic hydroxyl groups excluding tert-OH is 1. The van der Waals surface area contributed by atoms with Crippen molar-refractivity contribution in [1.82, 2.24) is 14.5 Å². The summed E-state index contributed by atoms with van der Waals surface area (Å²) in [7, 11) is 0. The van der Waals surface area contributed by atoms with Gasteiger partial charge in [-0.05, 0) is 31.0 Å². The fourth-order valence-electron chi connectivity index (χ4n) is 2.96. The molecule has 2 N–H and O–H groups in total. The van der Waals surface area contributed by atoms with Crippen LogP contribution in [0.2, 0.25) is 0 Å². The standard InChI is InChI=1S/C14H19N3O2/c1-2-6-15-11-7-10-4-3-5-12-13(10)16(8-11)14(19)17(12)9-18/h3-5,11,15,18H,2,6-9H2,1H3/t11-/m1/s1. The number of nitrogens with zero attached hydrogens (tertiary/aromatic N) is 2. The molecule has 0 amide bonds. The summed E-state index contributed by atoms with van der Waals surface area (Å²) in [4.78, 5) is 12.3. The van der Waals surface area contributed by atoms with Gasteiger partial charge in [-0.15, -0.1) is 0 Å². The number of aromatic nitrogens is 2. The highest BCUT2D eigenvalue weighted by Crippen LogP contribution is 2.24. The Morgan fingerprint density at radius 1 is 1.47 bits per heavy atom. The van der Waals surface area contributed by atoms with Crippen molar-refractivity contribution in [3.8, 4) is 0 Å². The van der Waals surface area contributed by atoms with Crippen molar-refractivity contribution in [1.29, 1.82) is 0 Å². The Balaban J connectivity index is 2.10. The molecule has 0 bridgehead atoms. The molecule has 3 rings (SSSR count). The number of hydrogen-bond acceptors (Lipinski definition) is 3. The number of hydrogen-bond donors (Lipinski definition) is 2. The van der Waals surface area contributed by atoms with Crippen LogP contribution in [0.5, 0.6) is 0 Å². The molecular weight excluding hydrogens is 242 g/mol. The van der Waals surface area contributed by atoms with Gasteiger partial charge in [0.15, 0.2) is 0 Å². The fourth-order valence-corrected chi connectivity index (χ4v) is 2.96. The van der Waals surface area contributed by atoms with Crippen molar-refractivity contribution in [3.63, 3.8) is 0 Å². The van der Waals surface area contributed by atoms with E-state index >= 15 is 0 Å². The molecule has 2 heterocycles. The third-order valence-electron chi connectivity index (χ3n) is 3.81. The third kappa shape index (κ3) is 1.89. The minimum Gasteiger partial charge on any atom is -0.376 e. The van der Waals surface area contributed by atoms with Crippen LogP contribution in [0, 0.1) is 0 Å². The Bertz CT molecular complexity index is 656. The van der Waals surface area contributed by atoms with Crippen LogP contribution in [0.3, 0.4) is 0 Å². The molecule has 0 fully saturated rings. The second kappa shape index (κ2) is 4.83. The predicted molar refractivity (Wildman–Crippen MR) is 74.2 cm³/mol. The van der Waals surface area contributed by atoms with Crippen LogP contribution in [-0.4, -0.2) is 26.8 Å². The highest BCUT2D eigenvalue weighted by molar-refractivity contribution is 5.80. The van der Waals surface area contributed by atoms with E-state index in [0.717, 1.165) is 30.4 Å². The van der Waals surface area contributed by atoms with Crippen LogP contribution >= 0.6 is 0 Å². The largest absolute Gasteiger partial charge is 0.376 e. The molecule has 19 heavy (non-hydrogen) atoms. The smallest absolute Gasteiger partial charge is 0.331 e. The van der Waals surface area contributed by atoms with Gasteiger partial charge in [-0.1, -0.05) is 19.1 Å². The predicted octanol–water partition coefficient (Wildman–Crippen LogP) is 0.677. The number of para-hydroxylation sites is 1. The minimum atomic E-state index is -0.265. The fraction of sp³-hybridized carbons (Fsp3) is 0.500. The molecule has 0 saturated carbocycles.